The predicted octanol–water partition coefficient (Wildman–Crippen LogP) is 3.83. The summed E-state index contributed by atoms with van der Waals surface area (Å²) in [7, 11) is 5.84. The number of hydrogen-bond acceptors (Lipinski definition) is 7. The molecule has 2 aromatic carbocycles. The number of amides is 2. The van der Waals surface area contributed by atoms with E-state index in [0.29, 0.717) is 48.7 Å². The van der Waals surface area contributed by atoms with Gasteiger partial charge >= 0.3 is 5.97 Å². The van der Waals surface area contributed by atoms with E-state index in [1.54, 1.807) is 17.0 Å². The molecule has 2 aromatic rings. The fourth-order valence-corrected chi connectivity index (χ4v) is 3.96. The fourth-order valence-electron chi connectivity index (χ4n) is 3.96. The van der Waals surface area contributed by atoms with Gasteiger partial charge in [-0.2, -0.15) is 0 Å². The van der Waals surface area contributed by atoms with Crippen molar-refractivity contribution in [3.63, 3.8) is 0 Å². The summed E-state index contributed by atoms with van der Waals surface area (Å²) >= 11 is 0. The average molecular weight is 501 g/mol. The van der Waals surface area contributed by atoms with Crippen molar-refractivity contribution in [2.75, 3.05) is 46.4 Å². The van der Waals surface area contributed by atoms with Crippen molar-refractivity contribution in [1.82, 2.24) is 5.32 Å². The van der Waals surface area contributed by atoms with Gasteiger partial charge in [-0.3, -0.25) is 14.4 Å². The molecule has 196 valence electrons. The highest BCUT2D eigenvalue weighted by molar-refractivity contribution is 6.07. The number of carbonyl (C=O) groups excluding carboxylic acids is 3. The molecule has 9 nitrogen and oxygen atoms in total. The van der Waals surface area contributed by atoms with Crippen molar-refractivity contribution in [2.24, 2.45) is 0 Å². The third-order valence-corrected chi connectivity index (χ3v) is 5.76. The first kappa shape index (κ1) is 28.5. The van der Waals surface area contributed by atoms with Gasteiger partial charge in [0.2, 0.25) is 11.7 Å². The van der Waals surface area contributed by atoms with Gasteiger partial charge in [0.25, 0.3) is 5.91 Å². The van der Waals surface area contributed by atoms with Crippen LogP contribution in [-0.4, -0.2) is 59.3 Å². The Morgan fingerprint density at radius 2 is 1.47 bits per heavy atom. The van der Waals surface area contributed by atoms with Gasteiger partial charge < -0.3 is 29.2 Å². The number of nitrogens with one attached hydrogen (secondary N) is 1. The summed E-state index contributed by atoms with van der Waals surface area (Å²) in [4.78, 5) is 39.0. The Morgan fingerprint density at radius 1 is 0.861 bits per heavy atom. The van der Waals surface area contributed by atoms with Crippen molar-refractivity contribution < 1.29 is 33.3 Å². The number of hydrogen-bond donors (Lipinski definition) is 1. The van der Waals surface area contributed by atoms with E-state index in [2.05, 4.69) is 10.1 Å². The molecule has 0 saturated heterocycles. The molecule has 2 rings (SSSR count). The van der Waals surface area contributed by atoms with E-state index >= 15 is 0 Å². The molecule has 0 heterocycles. The number of aryl methyl sites for hydroxylation is 2. The van der Waals surface area contributed by atoms with Crippen LogP contribution in [0.1, 0.15) is 47.2 Å². The molecule has 0 aliphatic rings. The van der Waals surface area contributed by atoms with Crippen LogP contribution >= 0.6 is 0 Å². The molecule has 0 atom stereocenters. The average Bonchev–Trinajstić information content (AvgIpc) is 2.88. The summed E-state index contributed by atoms with van der Waals surface area (Å²) < 4.78 is 20.8. The Bertz CT molecular complexity index is 1020. The van der Waals surface area contributed by atoms with Crippen LogP contribution in [0.5, 0.6) is 17.2 Å². The van der Waals surface area contributed by atoms with Crippen LogP contribution in [0.2, 0.25) is 0 Å². The highest BCUT2D eigenvalue weighted by Gasteiger charge is 2.24. The van der Waals surface area contributed by atoms with Crippen LogP contribution in [0.3, 0.4) is 0 Å². The molecule has 0 aromatic heterocycles. The van der Waals surface area contributed by atoms with Gasteiger partial charge in [0, 0.05) is 37.2 Å². The van der Waals surface area contributed by atoms with Gasteiger partial charge in [-0.25, -0.2) is 0 Å². The van der Waals surface area contributed by atoms with Crippen molar-refractivity contribution in [3.8, 4) is 17.2 Å². The van der Waals surface area contributed by atoms with Crippen LogP contribution in [0, 0.1) is 13.8 Å². The van der Waals surface area contributed by atoms with Crippen LogP contribution in [0.15, 0.2) is 30.3 Å². The quantitative estimate of drug-likeness (QED) is 0.329. The summed E-state index contributed by atoms with van der Waals surface area (Å²) in [5.74, 6) is 0.477. The summed E-state index contributed by atoms with van der Waals surface area (Å²) in [6.07, 6.45) is 1.45. The molecule has 0 aliphatic heterocycles. The van der Waals surface area contributed by atoms with E-state index in [4.69, 9.17) is 14.2 Å². The number of methoxy groups -OCH3 is 4. The van der Waals surface area contributed by atoms with Gasteiger partial charge in [-0.05, 0) is 49.9 Å². The summed E-state index contributed by atoms with van der Waals surface area (Å²) in [6.45, 7) is 4.62. The SMILES string of the molecule is COC(=O)CCCNC(=O)CCCN(C(=O)c1cc(OC)c(OC)c(OC)c1)c1c(C)cccc1C. The van der Waals surface area contributed by atoms with Crippen LogP contribution < -0.4 is 24.4 Å². The topological polar surface area (TPSA) is 103 Å². The molecule has 2 amide bonds. The molecular formula is C27H36N2O7. The van der Waals surface area contributed by atoms with E-state index in [9.17, 15) is 14.4 Å². The first-order valence-electron chi connectivity index (χ1n) is 11.8. The fraction of sp³-hybridized carbons (Fsp3) is 0.444. The molecule has 0 saturated carbocycles. The smallest absolute Gasteiger partial charge is 0.305 e. The second-order valence-corrected chi connectivity index (χ2v) is 8.24. The summed E-state index contributed by atoms with van der Waals surface area (Å²) in [5.41, 5.74) is 3.07. The van der Waals surface area contributed by atoms with Crippen molar-refractivity contribution in [3.05, 3.63) is 47.0 Å². The van der Waals surface area contributed by atoms with Gasteiger partial charge in [-0.1, -0.05) is 18.2 Å². The number of ether oxygens (including phenoxy) is 4. The number of para-hydroxylation sites is 1. The maximum atomic E-state index is 13.8. The van der Waals surface area contributed by atoms with E-state index < -0.39 is 0 Å². The van der Waals surface area contributed by atoms with Gasteiger partial charge in [0.15, 0.2) is 11.5 Å². The molecule has 0 fully saturated rings. The van der Waals surface area contributed by atoms with Gasteiger partial charge in [-0.15, -0.1) is 0 Å². The Labute approximate surface area is 212 Å². The highest BCUT2D eigenvalue weighted by atomic mass is 16.5. The minimum atomic E-state index is -0.307. The van der Waals surface area contributed by atoms with Crippen molar-refractivity contribution >= 4 is 23.5 Å². The zero-order chi connectivity index (χ0) is 26.7. The minimum Gasteiger partial charge on any atom is -0.493 e. The number of carbonyl (C=O) groups is 3. The lowest BCUT2D eigenvalue weighted by atomic mass is 10.0. The second-order valence-electron chi connectivity index (χ2n) is 8.24. The zero-order valence-electron chi connectivity index (χ0n) is 21.9. The van der Waals surface area contributed by atoms with E-state index in [1.165, 1.54) is 28.4 Å². The third-order valence-electron chi connectivity index (χ3n) is 5.76. The lowest BCUT2D eigenvalue weighted by molar-refractivity contribution is -0.140. The Hall–Kier alpha value is -3.75. The Balaban J connectivity index is 2.23. The summed E-state index contributed by atoms with van der Waals surface area (Å²) in [6, 6.07) is 9.09. The lowest BCUT2D eigenvalue weighted by Gasteiger charge is -2.27. The molecule has 9 heteroatoms. The number of benzene rings is 2. The van der Waals surface area contributed by atoms with E-state index in [1.807, 2.05) is 32.0 Å². The molecule has 0 bridgehead atoms. The molecule has 36 heavy (non-hydrogen) atoms. The highest BCUT2D eigenvalue weighted by Crippen LogP contribution is 2.39. The maximum absolute atomic E-state index is 13.8. The normalized spacial score (nSPS) is 10.4. The Kier molecular flexibility index (Phi) is 11.1. The largest absolute Gasteiger partial charge is 0.493 e. The monoisotopic (exact) mass is 500 g/mol. The second kappa shape index (κ2) is 14.0. The molecule has 0 aliphatic carbocycles. The summed E-state index contributed by atoms with van der Waals surface area (Å²) in [5, 5.41) is 2.80. The predicted molar refractivity (Wildman–Crippen MR) is 137 cm³/mol. The number of anilines is 1. The standard InChI is InChI=1S/C27H36N2O7/c1-18-10-7-11-19(2)25(18)29(15-9-12-23(30)28-14-8-13-24(31)35-5)27(32)20-16-21(33-3)26(36-6)22(17-20)34-4/h7,10-11,16-17H,8-9,12-15H2,1-6H3,(H,28,30). The van der Waals surface area contributed by atoms with Gasteiger partial charge in [0.05, 0.1) is 28.4 Å². The minimum absolute atomic E-state index is 0.137. The lowest BCUT2D eigenvalue weighted by Crippen LogP contribution is -2.34. The first-order chi connectivity index (χ1) is 17.3. The molecule has 0 spiro atoms. The number of esters is 1. The molecule has 1 N–H and O–H groups in total. The van der Waals surface area contributed by atoms with Crippen LogP contribution in [0.25, 0.3) is 0 Å². The van der Waals surface area contributed by atoms with Crippen molar-refractivity contribution in [2.45, 2.75) is 39.5 Å². The third kappa shape index (κ3) is 7.37. The Morgan fingerprint density at radius 3 is 2.00 bits per heavy atom. The van der Waals surface area contributed by atoms with Gasteiger partial charge in [0.1, 0.15) is 0 Å². The number of rotatable bonds is 13. The molecule has 0 radical (unpaired) electrons. The molecule has 0 unspecified atom stereocenters. The van der Waals surface area contributed by atoms with Crippen molar-refractivity contribution in [1.29, 1.82) is 0 Å². The molecular weight excluding hydrogens is 464 g/mol. The maximum Gasteiger partial charge on any atom is 0.305 e. The van der Waals surface area contributed by atoms with E-state index in [-0.39, 0.29) is 30.6 Å². The van der Waals surface area contributed by atoms with Crippen LogP contribution in [-0.2, 0) is 14.3 Å². The zero-order valence-corrected chi connectivity index (χ0v) is 21.9. The first-order valence-corrected chi connectivity index (χ1v) is 11.8. The number of nitrogens with zero attached hydrogens (tertiary/aromatic N) is 1. The van der Waals surface area contributed by atoms with Crippen LogP contribution in [0.4, 0.5) is 5.69 Å². The van der Waals surface area contributed by atoms with E-state index in [0.717, 1.165) is 16.8 Å².